The van der Waals surface area contributed by atoms with Crippen molar-refractivity contribution in [3.63, 3.8) is 0 Å². The Bertz CT molecular complexity index is 595. The largest absolute Gasteiger partial charge is 0.493 e. The van der Waals surface area contributed by atoms with Gasteiger partial charge in [-0.1, -0.05) is 19.1 Å². The molecular weight excluding hydrogens is 320 g/mol. The summed E-state index contributed by atoms with van der Waals surface area (Å²) in [6.45, 7) is 5.84. The van der Waals surface area contributed by atoms with E-state index in [9.17, 15) is 4.79 Å². The molecule has 138 valence electrons. The van der Waals surface area contributed by atoms with Crippen LogP contribution in [-0.2, 0) is 9.53 Å². The predicted molar refractivity (Wildman–Crippen MR) is 95.0 cm³/mol. The minimum atomic E-state index is 0.0351. The summed E-state index contributed by atoms with van der Waals surface area (Å²) < 4.78 is 16.7. The van der Waals surface area contributed by atoms with E-state index in [0.717, 1.165) is 32.6 Å². The third-order valence-electron chi connectivity index (χ3n) is 5.43. The number of nitrogens with zero attached hydrogens (tertiary/aromatic N) is 2. The number of piperidine rings is 1. The molecular formula is C19H28N2O4. The third-order valence-corrected chi connectivity index (χ3v) is 5.43. The van der Waals surface area contributed by atoms with Crippen molar-refractivity contribution in [2.75, 3.05) is 47.0 Å². The van der Waals surface area contributed by atoms with Gasteiger partial charge < -0.3 is 24.0 Å². The van der Waals surface area contributed by atoms with Gasteiger partial charge in [0.25, 0.3) is 5.91 Å². The lowest BCUT2D eigenvalue weighted by molar-refractivity contribution is -0.141. The molecule has 0 N–H and O–H groups in total. The molecule has 3 rings (SSSR count). The summed E-state index contributed by atoms with van der Waals surface area (Å²) in [5, 5.41) is 0. The number of hydrogen-bond acceptors (Lipinski definition) is 5. The highest BCUT2D eigenvalue weighted by Gasteiger charge is 2.45. The first-order valence-corrected chi connectivity index (χ1v) is 8.98. The highest BCUT2D eigenvalue weighted by Crippen LogP contribution is 2.33. The molecule has 0 bridgehead atoms. The SMILES string of the molecule is CCN1C[C@H]2[C@@H](OC)CCN(C(=O)COc3ccccc3OC)[C@H]2C1. The van der Waals surface area contributed by atoms with Gasteiger partial charge in [-0.3, -0.25) is 4.79 Å². The first-order chi connectivity index (χ1) is 12.2. The number of rotatable bonds is 6. The first kappa shape index (κ1) is 18.0. The Morgan fingerprint density at radius 3 is 2.64 bits per heavy atom. The number of benzene rings is 1. The van der Waals surface area contributed by atoms with Crippen LogP contribution in [0.2, 0.25) is 0 Å². The third kappa shape index (κ3) is 3.75. The maximum absolute atomic E-state index is 12.8. The number of methoxy groups -OCH3 is 2. The number of amides is 1. The maximum Gasteiger partial charge on any atom is 0.260 e. The van der Waals surface area contributed by atoms with Crippen molar-refractivity contribution < 1.29 is 19.0 Å². The standard InChI is InChI=1S/C19H28N2O4/c1-4-20-11-14-15(12-20)21(10-9-16(14)23-2)19(22)13-25-18-8-6-5-7-17(18)24-3/h5-8,14-16H,4,9-13H2,1-3H3/t14-,15+,16+/m1/s1. The molecule has 0 spiro atoms. The molecule has 0 radical (unpaired) electrons. The normalized spacial score (nSPS) is 26.4. The van der Waals surface area contributed by atoms with Crippen LogP contribution >= 0.6 is 0 Å². The van der Waals surface area contributed by atoms with E-state index < -0.39 is 0 Å². The van der Waals surface area contributed by atoms with Crippen LogP contribution in [0.3, 0.4) is 0 Å². The summed E-state index contributed by atoms with van der Waals surface area (Å²) in [4.78, 5) is 17.2. The predicted octanol–water partition coefficient (Wildman–Crippen LogP) is 1.64. The van der Waals surface area contributed by atoms with Crippen molar-refractivity contribution in [2.24, 2.45) is 5.92 Å². The van der Waals surface area contributed by atoms with E-state index in [-0.39, 0.29) is 24.7 Å². The lowest BCUT2D eigenvalue weighted by atomic mass is 9.89. The number of fused-ring (bicyclic) bond motifs is 1. The Morgan fingerprint density at radius 2 is 1.96 bits per heavy atom. The van der Waals surface area contributed by atoms with Gasteiger partial charge in [0.2, 0.25) is 0 Å². The first-order valence-electron chi connectivity index (χ1n) is 8.98. The maximum atomic E-state index is 12.8. The molecule has 1 amide bonds. The molecule has 6 heteroatoms. The van der Waals surface area contributed by atoms with Gasteiger partial charge in [0.1, 0.15) is 0 Å². The van der Waals surface area contributed by atoms with Crippen molar-refractivity contribution in [1.82, 2.24) is 9.80 Å². The van der Waals surface area contributed by atoms with Crippen LogP contribution in [0.25, 0.3) is 0 Å². The van der Waals surface area contributed by atoms with Gasteiger partial charge in [-0.15, -0.1) is 0 Å². The topological polar surface area (TPSA) is 51.2 Å². The highest BCUT2D eigenvalue weighted by molar-refractivity contribution is 5.78. The van der Waals surface area contributed by atoms with Crippen LogP contribution in [0.5, 0.6) is 11.5 Å². The van der Waals surface area contributed by atoms with E-state index in [1.807, 2.05) is 29.2 Å². The van der Waals surface area contributed by atoms with Crippen molar-refractivity contribution in [2.45, 2.75) is 25.5 Å². The lowest BCUT2D eigenvalue weighted by Gasteiger charge is -2.41. The molecule has 0 aliphatic carbocycles. The van der Waals surface area contributed by atoms with Crippen molar-refractivity contribution in [3.05, 3.63) is 24.3 Å². The van der Waals surface area contributed by atoms with E-state index in [1.54, 1.807) is 14.2 Å². The monoisotopic (exact) mass is 348 g/mol. The molecule has 2 heterocycles. The van der Waals surface area contributed by atoms with Crippen LogP contribution in [-0.4, -0.2) is 74.9 Å². The number of carbonyl (C=O) groups excluding carboxylic acids is 1. The summed E-state index contributed by atoms with van der Waals surface area (Å²) in [7, 11) is 3.38. The number of para-hydroxylation sites is 2. The Labute approximate surface area is 149 Å². The molecule has 0 unspecified atom stereocenters. The molecule has 2 saturated heterocycles. The molecule has 2 aliphatic heterocycles. The quantitative estimate of drug-likeness (QED) is 0.782. The van der Waals surface area contributed by atoms with E-state index in [2.05, 4.69) is 11.8 Å². The summed E-state index contributed by atoms with van der Waals surface area (Å²) in [5.41, 5.74) is 0. The fourth-order valence-corrected chi connectivity index (χ4v) is 4.06. The molecule has 2 aliphatic rings. The van der Waals surface area contributed by atoms with Gasteiger partial charge in [-0.2, -0.15) is 0 Å². The van der Waals surface area contributed by atoms with Crippen LogP contribution in [0.1, 0.15) is 13.3 Å². The summed E-state index contributed by atoms with van der Waals surface area (Å²) in [5.74, 6) is 1.66. The average molecular weight is 348 g/mol. The fourth-order valence-electron chi connectivity index (χ4n) is 4.06. The van der Waals surface area contributed by atoms with Gasteiger partial charge in [0, 0.05) is 32.7 Å². The number of hydrogen-bond donors (Lipinski definition) is 0. The summed E-state index contributed by atoms with van der Waals surface area (Å²) >= 11 is 0. The van der Waals surface area contributed by atoms with E-state index in [4.69, 9.17) is 14.2 Å². The molecule has 6 nitrogen and oxygen atoms in total. The molecule has 0 saturated carbocycles. The molecule has 25 heavy (non-hydrogen) atoms. The number of carbonyl (C=O) groups is 1. The number of likely N-dealkylation sites (N-methyl/N-ethyl adjacent to an activating group) is 1. The Balaban J connectivity index is 1.65. The van der Waals surface area contributed by atoms with Gasteiger partial charge in [-0.05, 0) is 25.1 Å². The summed E-state index contributed by atoms with van der Waals surface area (Å²) in [6.07, 6.45) is 1.12. The van der Waals surface area contributed by atoms with E-state index >= 15 is 0 Å². The second-order valence-electron chi connectivity index (χ2n) is 6.67. The fraction of sp³-hybridized carbons (Fsp3) is 0.632. The zero-order chi connectivity index (χ0) is 17.8. The van der Waals surface area contributed by atoms with Gasteiger partial charge >= 0.3 is 0 Å². The van der Waals surface area contributed by atoms with E-state index in [0.29, 0.717) is 17.4 Å². The Morgan fingerprint density at radius 1 is 1.20 bits per heavy atom. The molecule has 1 aromatic carbocycles. The molecule has 1 aromatic rings. The van der Waals surface area contributed by atoms with Crippen molar-refractivity contribution in [1.29, 1.82) is 0 Å². The van der Waals surface area contributed by atoms with E-state index in [1.165, 1.54) is 0 Å². The minimum Gasteiger partial charge on any atom is -0.493 e. The van der Waals surface area contributed by atoms with Gasteiger partial charge in [-0.25, -0.2) is 0 Å². The number of ether oxygens (including phenoxy) is 3. The smallest absolute Gasteiger partial charge is 0.260 e. The second-order valence-corrected chi connectivity index (χ2v) is 6.67. The molecule has 2 fully saturated rings. The number of likely N-dealkylation sites (tertiary alicyclic amines) is 2. The zero-order valence-corrected chi connectivity index (χ0v) is 15.3. The van der Waals surface area contributed by atoms with Gasteiger partial charge in [0.15, 0.2) is 18.1 Å². The average Bonchev–Trinajstić information content (AvgIpc) is 3.09. The Kier molecular flexibility index (Phi) is 5.81. The molecule has 3 atom stereocenters. The second kappa shape index (κ2) is 8.06. The van der Waals surface area contributed by atoms with Crippen LogP contribution in [0, 0.1) is 5.92 Å². The molecule has 0 aromatic heterocycles. The van der Waals surface area contributed by atoms with Crippen LogP contribution < -0.4 is 9.47 Å². The zero-order valence-electron chi connectivity index (χ0n) is 15.3. The summed E-state index contributed by atoms with van der Waals surface area (Å²) in [6, 6.07) is 7.62. The van der Waals surface area contributed by atoms with Crippen molar-refractivity contribution in [3.8, 4) is 11.5 Å². The van der Waals surface area contributed by atoms with Crippen LogP contribution in [0.15, 0.2) is 24.3 Å². The van der Waals surface area contributed by atoms with Crippen molar-refractivity contribution >= 4 is 5.91 Å². The lowest BCUT2D eigenvalue weighted by Crippen LogP contribution is -2.54. The Hall–Kier alpha value is -1.79. The minimum absolute atomic E-state index is 0.0351. The van der Waals surface area contributed by atoms with Gasteiger partial charge in [0.05, 0.1) is 19.3 Å². The highest BCUT2D eigenvalue weighted by atomic mass is 16.5. The van der Waals surface area contributed by atoms with Crippen LogP contribution in [0.4, 0.5) is 0 Å².